The lowest BCUT2D eigenvalue weighted by Gasteiger charge is -2.39. The highest BCUT2D eigenvalue weighted by molar-refractivity contribution is 5.92. The molecule has 1 aromatic rings. The molecular weight excluding hydrogens is 334 g/mol. The van der Waals surface area contributed by atoms with Crippen molar-refractivity contribution in [1.82, 2.24) is 0 Å². The third-order valence-corrected chi connectivity index (χ3v) is 3.72. The van der Waals surface area contributed by atoms with E-state index < -0.39 is 36.7 Å². The fourth-order valence-corrected chi connectivity index (χ4v) is 2.38. The van der Waals surface area contributed by atoms with Crippen LogP contribution in [0.15, 0.2) is 24.3 Å². The smallest absolute Gasteiger partial charge is 0.338 e. The normalized spacial score (nSPS) is 29.1. The average Bonchev–Trinajstić information content (AvgIpc) is 2.59. The van der Waals surface area contributed by atoms with Gasteiger partial charge in [0.25, 0.3) is 0 Å². The van der Waals surface area contributed by atoms with Crippen molar-refractivity contribution in [3.63, 3.8) is 0 Å². The summed E-state index contributed by atoms with van der Waals surface area (Å²) in [5.74, 6) is -0.896. The highest BCUT2D eigenvalue weighted by atomic mass is 16.7. The second kappa shape index (κ2) is 8.37. The maximum Gasteiger partial charge on any atom is 0.338 e. The van der Waals surface area contributed by atoms with E-state index in [-0.39, 0.29) is 18.1 Å². The van der Waals surface area contributed by atoms with E-state index in [1.54, 1.807) is 12.1 Å². The van der Waals surface area contributed by atoms with Gasteiger partial charge >= 0.3 is 5.97 Å². The number of carbonyl (C=O) groups is 2. The SMILES string of the molecule is CO[C@H]1O[C@H](COC(=O)c2ccc(NC(C)=O)cc2)[C@@H](O)[C@H](O)[C@H]1O. The number of rotatable bonds is 5. The monoisotopic (exact) mass is 355 g/mol. The van der Waals surface area contributed by atoms with Crippen molar-refractivity contribution in [2.45, 2.75) is 37.6 Å². The maximum atomic E-state index is 12.0. The van der Waals surface area contributed by atoms with Crippen LogP contribution >= 0.6 is 0 Å². The van der Waals surface area contributed by atoms with Crippen LogP contribution in [0.5, 0.6) is 0 Å². The third-order valence-electron chi connectivity index (χ3n) is 3.72. The number of methoxy groups -OCH3 is 1. The molecule has 138 valence electrons. The van der Waals surface area contributed by atoms with Gasteiger partial charge in [-0.25, -0.2) is 4.79 Å². The van der Waals surface area contributed by atoms with Crippen LogP contribution in [-0.4, -0.2) is 71.6 Å². The van der Waals surface area contributed by atoms with E-state index in [9.17, 15) is 24.9 Å². The number of hydrogen-bond donors (Lipinski definition) is 4. The molecule has 0 saturated carbocycles. The van der Waals surface area contributed by atoms with Gasteiger partial charge in [-0.3, -0.25) is 4.79 Å². The number of anilines is 1. The molecule has 1 saturated heterocycles. The van der Waals surface area contributed by atoms with Gasteiger partial charge in [-0.15, -0.1) is 0 Å². The van der Waals surface area contributed by atoms with E-state index in [4.69, 9.17) is 14.2 Å². The van der Waals surface area contributed by atoms with Crippen LogP contribution in [0, 0.1) is 0 Å². The summed E-state index contributed by atoms with van der Waals surface area (Å²) < 4.78 is 15.2. The molecule has 25 heavy (non-hydrogen) atoms. The molecule has 1 aliphatic heterocycles. The predicted octanol–water partition coefficient (Wildman–Crippen LogP) is -0.744. The van der Waals surface area contributed by atoms with Crippen LogP contribution in [0.25, 0.3) is 0 Å². The number of hydrogen-bond acceptors (Lipinski definition) is 8. The van der Waals surface area contributed by atoms with Crippen molar-refractivity contribution in [3.8, 4) is 0 Å². The summed E-state index contributed by atoms with van der Waals surface area (Å²) in [6, 6.07) is 6.04. The fraction of sp³-hybridized carbons (Fsp3) is 0.500. The summed E-state index contributed by atoms with van der Waals surface area (Å²) in [6.07, 6.45) is -6.52. The zero-order valence-electron chi connectivity index (χ0n) is 13.8. The summed E-state index contributed by atoms with van der Waals surface area (Å²) in [7, 11) is 1.28. The van der Waals surface area contributed by atoms with Gasteiger partial charge in [0.05, 0.1) is 5.56 Å². The molecule has 1 heterocycles. The zero-order valence-corrected chi connectivity index (χ0v) is 13.8. The van der Waals surface area contributed by atoms with Gasteiger partial charge in [0, 0.05) is 19.7 Å². The quantitative estimate of drug-likeness (QED) is 0.507. The molecule has 9 nitrogen and oxygen atoms in total. The number of amides is 1. The molecule has 1 amide bonds. The molecule has 0 spiro atoms. The molecule has 2 rings (SSSR count). The molecule has 0 aromatic heterocycles. The Bertz CT molecular complexity index is 603. The molecular formula is C16H21NO8. The molecule has 0 bridgehead atoms. The molecule has 9 heteroatoms. The Labute approximate surface area is 144 Å². The third kappa shape index (κ3) is 4.74. The first-order valence-electron chi connectivity index (χ1n) is 7.60. The molecule has 4 N–H and O–H groups in total. The van der Waals surface area contributed by atoms with Gasteiger partial charge in [0.15, 0.2) is 6.29 Å². The Hall–Kier alpha value is -2.04. The van der Waals surface area contributed by atoms with E-state index in [0.717, 1.165) is 0 Å². The number of ether oxygens (including phenoxy) is 3. The van der Waals surface area contributed by atoms with Gasteiger partial charge in [0.1, 0.15) is 31.0 Å². The summed E-state index contributed by atoms with van der Waals surface area (Å²) in [5.41, 5.74) is 0.776. The maximum absolute atomic E-state index is 12.0. The standard InChI is InChI=1S/C16H21NO8/c1-8(18)17-10-5-3-9(4-6-10)15(22)24-7-11-12(19)13(20)14(21)16(23-2)25-11/h3-6,11-14,16,19-21H,7H2,1-2H3,(H,17,18)/t11-,12-,13+,14-,16+/m1/s1. The highest BCUT2D eigenvalue weighted by Crippen LogP contribution is 2.22. The molecule has 1 aliphatic rings. The Morgan fingerprint density at radius 2 is 1.76 bits per heavy atom. The van der Waals surface area contributed by atoms with Crippen LogP contribution in [0.3, 0.4) is 0 Å². The van der Waals surface area contributed by atoms with E-state index in [1.807, 2.05) is 0 Å². The van der Waals surface area contributed by atoms with Crippen molar-refractivity contribution in [2.75, 3.05) is 19.0 Å². The van der Waals surface area contributed by atoms with E-state index in [1.165, 1.54) is 26.2 Å². The lowest BCUT2D eigenvalue weighted by atomic mass is 9.99. The molecule has 1 fully saturated rings. The number of aliphatic hydroxyl groups is 3. The van der Waals surface area contributed by atoms with Crippen LogP contribution < -0.4 is 5.32 Å². The Kier molecular flexibility index (Phi) is 6.45. The Morgan fingerprint density at radius 1 is 1.12 bits per heavy atom. The van der Waals surface area contributed by atoms with Crippen LogP contribution in [0.1, 0.15) is 17.3 Å². The second-order valence-electron chi connectivity index (χ2n) is 5.61. The number of esters is 1. The van der Waals surface area contributed by atoms with Gasteiger partial charge in [-0.1, -0.05) is 0 Å². The first kappa shape index (κ1) is 19.3. The lowest BCUT2D eigenvalue weighted by Crippen LogP contribution is -2.59. The summed E-state index contributed by atoms with van der Waals surface area (Å²) in [5, 5.41) is 31.9. The molecule has 0 unspecified atom stereocenters. The first-order chi connectivity index (χ1) is 11.8. The number of carbonyl (C=O) groups excluding carboxylic acids is 2. The second-order valence-corrected chi connectivity index (χ2v) is 5.61. The molecule has 0 aliphatic carbocycles. The van der Waals surface area contributed by atoms with Gasteiger partial charge in [-0.2, -0.15) is 0 Å². The van der Waals surface area contributed by atoms with Crippen LogP contribution in [-0.2, 0) is 19.0 Å². The van der Waals surface area contributed by atoms with Crippen molar-refractivity contribution < 1.29 is 39.1 Å². The fourth-order valence-electron chi connectivity index (χ4n) is 2.38. The van der Waals surface area contributed by atoms with Crippen molar-refractivity contribution in [1.29, 1.82) is 0 Å². The van der Waals surface area contributed by atoms with Gasteiger partial charge in [-0.05, 0) is 24.3 Å². The number of aliphatic hydroxyl groups excluding tert-OH is 3. The number of benzene rings is 1. The Balaban J connectivity index is 1.93. The van der Waals surface area contributed by atoms with Crippen LogP contribution in [0.2, 0.25) is 0 Å². The first-order valence-corrected chi connectivity index (χ1v) is 7.60. The van der Waals surface area contributed by atoms with E-state index in [0.29, 0.717) is 5.69 Å². The van der Waals surface area contributed by atoms with E-state index in [2.05, 4.69) is 5.32 Å². The molecule has 5 atom stereocenters. The Morgan fingerprint density at radius 3 is 2.32 bits per heavy atom. The summed E-state index contributed by atoms with van der Waals surface area (Å²) in [4.78, 5) is 23.0. The summed E-state index contributed by atoms with van der Waals surface area (Å²) >= 11 is 0. The van der Waals surface area contributed by atoms with Crippen molar-refractivity contribution >= 4 is 17.6 Å². The zero-order chi connectivity index (χ0) is 18.6. The summed E-state index contributed by atoms with van der Waals surface area (Å²) in [6.45, 7) is 1.04. The lowest BCUT2D eigenvalue weighted by molar-refractivity contribution is -0.294. The largest absolute Gasteiger partial charge is 0.459 e. The van der Waals surface area contributed by atoms with Crippen LogP contribution in [0.4, 0.5) is 5.69 Å². The van der Waals surface area contributed by atoms with Gasteiger partial charge in [0.2, 0.25) is 5.91 Å². The predicted molar refractivity (Wildman–Crippen MR) is 84.7 cm³/mol. The minimum Gasteiger partial charge on any atom is -0.459 e. The average molecular weight is 355 g/mol. The number of nitrogens with one attached hydrogen (secondary N) is 1. The minimum atomic E-state index is -1.49. The minimum absolute atomic E-state index is 0.229. The highest BCUT2D eigenvalue weighted by Gasteiger charge is 2.44. The topological polar surface area (TPSA) is 135 Å². The molecule has 1 aromatic carbocycles. The molecule has 0 radical (unpaired) electrons. The van der Waals surface area contributed by atoms with Gasteiger partial charge < -0.3 is 34.8 Å². The van der Waals surface area contributed by atoms with Crippen molar-refractivity contribution in [2.24, 2.45) is 0 Å². The van der Waals surface area contributed by atoms with Crippen molar-refractivity contribution in [3.05, 3.63) is 29.8 Å². The van der Waals surface area contributed by atoms with E-state index >= 15 is 0 Å².